The summed E-state index contributed by atoms with van der Waals surface area (Å²) >= 11 is 1.28. The number of nitrogens with one attached hydrogen (secondary N) is 1. The van der Waals surface area contributed by atoms with Gasteiger partial charge >= 0.3 is 0 Å². The molecule has 1 aliphatic rings. The SMILES string of the molecule is CCn1ncc2cc(C(=O)C[C@@H]3CCCN(c4cnc(C(N)=O)c(Nc5cc(C)ns5)n4)C3)ccc21. The van der Waals surface area contributed by atoms with E-state index in [1.165, 1.54) is 11.5 Å². The Morgan fingerprint density at radius 1 is 1.25 bits per heavy atom. The van der Waals surface area contributed by atoms with E-state index in [0.29, 0.717) is 30.2 Å². The van der Waals surface area contributed by atoms with E-state index in [2.05, 4.69) is 29.7 Å². The molecule has 5 rings (SSSR count). The molecule has 1 aromatic carbocycles. The van der Waals surface area contributed by atoms with Crippen LogP contribution in [-0.2, 0) is 6.54 Å². The number of carbonyl (C=O) groups excluding carboxylic acids is 2. The molecule has 0 bridgehead atoms. The van der Waals surface area contributed by atoms with E-state index >= 15 is 0 Å². The maximum absolute atomic E-state index is 13.1. The number of nitrogens with two attached hydrogens (primary N) is 1. The van der Waals surface area contributed by atoms with Crippen molar-refractivity contribution < 1.29 is 9.59 Å². The van der Waals surface area contributed by atoms with Crippen LogP contribution >= 0.6 is 11.5 Å². The van der Waals surface area contributed by atoms with E-state index in [1.54, 1.807) is 6.20 Å². The third-order valence-corrected chi connectivity index (χ3v) is 7.24. The number of amides is 1. The third-order valence-electron chi connectivity index (χ3n) is 6.44. The standard InChI is InChI=1S/C25H28N8O2S/c1-3-33-19-7-6-17(11-18(19)12-28-33)20(34)10-16-5-4-8-32(14-16)21-13-27-23(24(26)35)25(29-21)30-22-9-15(2)31-36-22/h6-7,9,11-13,16H,3-5,8,10,14H2,1-2H3,(H2,26,35)(H,29,30)/t16-/m0/s1. The summed E-state index contributed by atoms with van der Waals surface area (Å²) < 4.78 is 6.18. The fourth-order valence-electron chi connectivity index (χ4n) is 4.67. The molecule has 186 valence electrons. The molecule has 3 N–H and O–H groups in total. The molecule has 0 radical (unpaired) electrons. The van der Waals surface area contributed by atoms with Gasteiger partial charge in [0, 0.05) is 37.0 Å². The zero-order chi connectivity index (χ0) is 25.2. The van der Waals surface area contributed by atoms with Crippen molar-refractivity contribution >= 4 is 50.8 Å². The Hall–Kier alpha value is -3.86. The van der Waals surface area contributed by atoms with Crippen molar-refractivity contribution in [2.24, 2.45) is 11.7 Å². The highest BCUT2D eigenvalue weighted by molar-refractivity contribution is 7.10. The second kappa shape index (κ2) is 10.0. The van der Waals surface area contributed by atoms with Crippen molar-refractivity contribution in [3.05, 3.63) is 53.6 Å². The summed E-state index contributed by atoms with van der Waals surface area (Å²) in [5.41, 5.74) is 8.23. The van der Waals surface area contributed by atoms with Crippen LogP contribution in [0.15, 0.2) is 36.7 Å². The molecule has 0 unspecified atom stereocenters. The Bertz CT molecular complexity index is 1430. The molecule has 1 saturated heterocycles. The summed E-state index contributed by atoms with van der Waals surface area (Å²) in [5, 5.41) is 9.24. The number of nitrogens with zero attached hydrogens (tertiary/aromatic N) is 6. The average Bonchev–Trinajstić information content (AvgIpc) is 3.48. The number of aromatic nitrogens is 5. The lowest BCUT2D eigenvalue weighted by molar-refractivity contribution is 0.0955. The van der Waals surface area contributed by atoms with Crippen molar-refractivity contribution in [1.82, 2.24) is 24.1 Å². The highest BCUT2D eigenvalue weighted by Gasteiger charge is 2.25. The first-order valence-electron chi connectivity index (χ1n) is 12.0. The second-order valence-electron chi connectivity index (χ2n) is 9.06. The number of ketones is 1. The van der Waals surface area contributed by atoms with Crippen LogP contribution in [0.4, 0.5) is 16.6 Å². The lowest BCUT2D eigenvalue weighted by Crippen LogP contribution is -2.37. The molecular formula is C25H28N8O2S. The molecule has 1 aliphatic heterocycles. The summed E-state index contributed by atoms with van der Waals surface area (Å²) in [4.78, 5) is 36.1. The van der Waals surface area contributed by atoms with Crippen molar-refractivity contribution in [3.63, 3.8) is 0 Å². The van der Waals surface area contributed by atoms with Gasteiger partial charge in [0.05, 0.1) is 23.6 Å². The number of piperidine rings is 1. The number of fused-ring (bicyclic) bond motifs is 1. The topological polar surface area (TPSA) is 132 Å². The molecule has 11 heteroatoms. The van der Waals surface area contributed by atoms with Crippen LogP contribution in [0.1, 0.15) is 52.7 Å². The molecule has 0 spiro atoms. The number of hydrogen-bond donors (Lipinski definition) is 2. The second-order valence-corrected chi connectivity index (χ2v) is 9.87. The monoisotopic (exact) mass is 504 g/mol. The lowest BCUT2D eigenvalue weighted by Gasteiger charge is -2.33. The molecule has 10 nitrogen and oxygen atoms in total. The lowest BCUT2D eigenvalue weighted by atomic mass is 9.90. The van der Waals surface area contributed by atoms with Crippen molar-refractivity contribution in [2.45, 2.75) is 39.7 Å². The molecule has 0 aliphatic carbocycles. The average molecular weight is 505 g/mol. The van der Waals surface area contributed by atoms with Crippen LogP contribution in [0.25, 0.3) is 10.9 Å². The Morgan fingerprint density at radius 3 is 2.86 bits per heavy atom. The highest BCUT2D eigenvalue weighted by Crippen LogP contribution is 2.28. The largest absolute Gasteiger partial charge is 0.364 e. The third kappa shape index (κ3) is 4.92. The van der Waals surface area contributed by atoms with Gasteiger partial charge < -0.3 is 16.0 Å². The Kier molecular flexibility index (Phi) is 6.64. The summed E-state index contributed by atoms with van der Waals surface area (Å²) in [7, 11) is 0. The van der Waals surface area contributed by atoms with Gasteiger partial charge in [-0.2, -0.15) is 9.47 Å². The zero-order valence-corrected chi connectivity index (χ0v) is 21.1. The van der Waals surface area contributed by atoms with Crippen LogP contribution in [0.2, 0.25) is 0 Å². The number of carbonyl (C=O) groups is 2. The summed E-state index contributed by atoms with van der Waals surface area (Å²) in [6.45, 7) is 6.22. The van der Waals surface area contributed by atoms with E-state index in [1.807, 2.05) is 49.0 Å². The molecule has 4 heterocycles. The number of Topliss-reactive ketones (excluding diaryl/α,β-unsaturated/α-hetero) is 1. The molecule has 1 fully saturated rings. The smallest absolute Gasteiger partial charge is 0.271 e. The van der Waals surface area contributed by atoms with Crippen molar-refractivity contribution in [3.8, 4) is 0 Å². The van der Waals surface area contributed by atoms with Gasteiger partial charge in [-0.3, -0.25) is 14.3 Å². The minimum absolute atomic E-state index is 0.0790. The van der Waals surface area contributed by atoms with Crippen molar-refractivity contribution in [2.75, 3.05) is 23.3 Å². The first kappa shape index (κ1) is 23.9. The van der Waals surface area contributed by atoms with Crippen LogP contribution < -0.4 is 16.0 Å². The van der Waals surface area contributed by atoms with Crippen LogP contribution in [0.5, 0.6) is 0 Å². The minimum Gasteiger partial charge on any atom is -0.364 e. The summed E-state index contributed by atoms with van der Waals surface area (Å²) in [6.07, 6.45) is 5.76. The van der Waals surface area contributed by atoms with Crippen LogP contribution in [0.3, 0.4) is 0 Å². The first-order chi connectivity index (χ1) is 17.4. The molecular weight excluding hydrogens is 476 g/mol. The number of anilines is 3. The quantitative estimate of drug-likeness (QED) is 0.345. The molecule has 36 heavy (non-hydrogen) atoms. The van der Waals surface area contributed by atoms with Gasteiger partial charge in [0.15, 0.2) is 17.3 Å². The van der Waals surface area contributed by atoms with E-state index in [9.17, 15) is 9.59 Å². The molecule has 0 saturated carbocycles. The maximum Gasteiger partial charge on any atom is 0.271 e. The van der Waals surface area contributed by atoms with E-state index in [4.69, 9.17) is 5.73 Å². The molecule has 1 amide bonds. The van der Waals surface area contributed by atoms with Gasteiger partial charge in [0.2, 0.25) is 0 Å². The van der Waals surface area contributed by atoms with Gasteiger partial charge in [0.25, 0.3) is 5.91 Å². The van der Waals surface area contributed by atoms with E-state index in [-0.39, 0.29) is 17.4 Å². The Balaban J connectivity index is 1.31. The van der Waals surface area contributed by atoms with Crippen LogP contribution in [-0.4, -0.2) is 48.9 Å². The van der Waals surface area contributed by atoms with Gasteiger partial charge in [-0.1, -0.05) is 0 Å². The van der Waals surface area contributed by atoms with Crippen LogP contribution in [0, 0.1) is 12.8 Å². The van der Waals surface area contributed by atoms with Gasteiger partial charge in [-0.05, 0) is 68.4 Å². The Morgan fingerprint density at radius 2 is 2.11 bits per heavy atom. The molecule has 4 aromatic rings. The van der Waals surface area contributed by atoms with E-state index in [0.717, 1.165) is 47.5 Å². The molecule has 1 atom stereocenters. The van der Waals surface area contributed by atoms with Gasteiger partial charge in [0.1, 0.15) is 10.8 Å². The zero-order valence-electron chi connectivity index (χ0n) is 20.3. The highest BCUT2D eigenvalue weighted by atomic mass is 32.1. The van der Waals surface area contributed by atoms with E-state index < -0.39 is 5.91 Å². The number of benzene rings is 1. The predicted octanol–water partition coefficient (Wildman–Crippen LogP) is 3.94. The number of rotatable bonds is 8. The van der Waals surface area contributed by atoms with Gasteiger partial charge in [-0.15, -0.1) is 0 Å². The fourth-order valence-corrected chi connectivity index (χ4v) is 5.33. The fraction of sp³-hybridized carbons (Fsp3) is 0.360. The predicted molar refractivity (Wildman–Crippen MR) is 140 cm³/mol. The maximum atomic E-state index is 13.1. The number of aryl methyl sites for hydroxylation is 2. The number of hydrogen-bond acceptors (Lipinski definition) is 9. The van der Waals surface area contributed by atoms with Gasteiger partial charge in [-0.25, -0.2) is 9.97 Å². The molecule has 3 aromatic heterocycles. The number of primary amides is 1. The minimum atomic E-state index is -0.652. The first-order valence-corrected chi connectivity index (χ1v) is 12.8. The summed E-state index contributed by atoms with van der Waals surface area (Å²) in [5.74, 6) is 0.628. The normalized spacial score (nSPS) is 15.8. The Labute approximate surface area is 212 Å². The summed E-state index contributed by atoms with van der Waals surface area (Å²) in [6, 6.07) is 7.68. The van der Waals surface area contributed by atoms with Crippen molar-refractivity contribution in [1.29, 1.82) is 0 Å².